The highest BCUT2D eigenvalue weighted by atomic mass is 16.2. The number of hydrogen-bond acceptors (Lipinski definition) is 2. The van der Waals surface area contributed by atoms with Crippen LogP contribution in [0.4, 0.5) is 0 Å². The van der Waals surface area contributed by atoms with E-state index < -0.39 is 0 Å². The Morgan fingerprint density at radius 1 is 1.24 bits per heavy atom. The van der Waals surface area contributed by atoms with Crippen molar-refractivity contribution in [3.8, 4) is 0 Å². The Hall–Kier alpha value is -1.35. The van der Waals surface area contributed by atoms with Gasteiger partial charge in [0.1, 0.15) is 0 Å². The fourth-order valence-corrected chi connectivity index (χ4v) is 3.83. The number of carbonyl (C=O) groups is 1. The molecule has 2 aliphatic heterocycles. The fraction of sp³-hybridized carbons (Fsp3) is 0.611. The monoisotopic (exact) mass is 286 g/mol. The van der Waals surface area contributed by atoms with Crippen LogP contribution in [0.25, 0.3) is 0 Å². The van der Waals surface area contributed by atoms with E-state index >= 15 is 0 Å². The highest BCUT2D eigenvalue weighted by Crippen LogP contribution is 2.29. The molecule has 1 aromatic rings. The maximum atomic E-state index is 12.6. The Balaban J connectivity index is 1.66. The number of carbonyl (C=O) groups excluding carboxylic acids is 1. The molecule has 1 N–H and O–H groups in total. The zero-order valence-electron chi connectivity index (χ0n) is 13.4. The molecular formula is C18H26N2O. The van der Waals surface area contributed by atoms with Crippen molar-refractivity contribution in [2.45, 2.75) is 64.1 Å². The molecule has 2 aliphatic rings. The third-order valence-electron chi connectivity index (χ3n) is 5.24. The Bertz CT molecular complexity index is 528. The van der Waals surface area contributed by atoms with E-state index in [9.17, 15) is 4.79 Å². The number of hydrogen-bond donors (Lipinski definition) is 1. The second kappa shape index (κ2) is 5.80. The first kappa shape index (κ1) is 14.6. The number of piperidine rings is 1. The molecule has 2 saturated heterocycles. The molecule has 2 bridgehead atoms. The van der Waals surface area contributed by atoms with E-state index in [0.717, 1.165) is 12.8 Å². The largest absolute Gasteiger partial charge is 0.342 e. The molecule has 0 saturated carbocycles. The van der Waals surface area contributed by atoms with Gasteiger partial charge < -0.3 is 10.2 Å². The van der Waals surface area contributed by atoms with Crippen LogP contribution < -0.4 is 5.32 Å². The number of amides is 1. The summed E-state index contributed by atoms with van der Waals surface area (Å²) in [5.74, 6) is 0.259. The molecule has 3 nitrogen and oxygen atoms in total. The van der Waals surface area contributed by atoms with E-state index in [1.165, 1.54) is 29.5 Å². The number of benzene rings is 1. The van der Waals surface area contributed by atoms with Crippen LogP contribution >= 0.6 is 0 Å². The summed E-state index contributed by atoms with van der Waals surface area (Å²) in [4.78, 5) is 14.6. The molecule has 2 fully saturated rings. The Kier molecular flexibility index (Phi) is 4.03. The molecule has 1 amide bonds. The van der Waals surface area contributed by atoms with Crippen molar-refractivity contribution >= 4 is 5.91 Å². The second-order valence-corrected chi connectivity index (χ2v) is 6.87. The molecule has 2 atom stereocenters. The van der Waals surface area contributed by atoms with Crippen LogP contribution in [-0.2, 0) is 11.2 Å². The van der Waals surface area contributed by atoms with Gasteiger partial charge in [0.15, 0.2) is 0 Å². The van der Waals surface area contributed by atoms with Gasteiger partial charge in [-0.05, 0) is 50.7 Å². The zero-order chi connectivity index (χ0) is 15.0. The highest BCUT2D eigenvalue weighted by molar-refractivity contribution is 5.79. The molecule has 3 heteroatoms. The lowest BCUT2D eigenvalue weighted by Crippen LogP contribution is -2.49. The standard InChI is InChI=1S/C18H26N2O/c1-12-4-5-13(2)14(8-12)9-18(21)20(3)17-10-15-6-7-16(11-17)19-15/h4-5,8,15-17,19H,6-7,9-11H2,1-3H3. The Morgan fingerprint density at radius 3 is 2.57 bits per heavy atom. The van der Waals surface area contributed by atoms with E-state index in [-0.39, 0.29) is 5.91 Å². The van der Waals surface area contributed by atoms with Crippen LogP contribution in [0.5, 0.6) is 0 Å². The van der Waals surface area contributed by atoms with Gasteiger partial charge in [0, 0.05) is 25.2 Å². The lowest BCUT2D eigenvalue weighted by atomic mass is 9.97. The van der Waals surface area contributed by atoms with Crippen LogP contribution in [-0.4, -0.2) is 36.0 Å². The maximum Gasteiger partial charge on any atom is 0.226 e. The van der Waals surface area contributed by atoms with Crippen LogP contribution in [0.3, 0.4) is 0 Å². The van der Waals surface area contributed by atoms with Gasteiger partial charge in [-0.2, -0.15) is 0 Å². The molecule has 0 aliphatic carbocycles. The average Bonchev–Trinajstić information content (AvgIpc) is 2.80. The third kappa shape index (κ3) is 3.13. The summed E-state index contributed by atoms with van der Waals surface area (Å²) in [7, 11) is 1.99. The van der Waals surface area contributed by atoms with Crippen molar-refractivity contribution < 1.29 is 4.79 Å². The molecule has 3 rings (SSSR count). The van der Waals surface area contributed by atoms with Gasteiger partial charge in [0.25, 0.3) is 0 Å². The van der Waals surface area contributed by atoms with Crippen molar-refractivity contribution in [3.05, 3.63) is 34.9 Å². The van der Waals surface area contributed by atoms with Gasteiger partial charge in [0.05, 0.1) is 6.42 Å². The summed E-state index contributed by atoms with van der Waals surface area (Å²) in [5, 5.41) is 3.64. The summed E-state index contributed by atoms with van der Waals surface area (Å²) < 4.78 is 0. The topological polar surface area (TPSA) is 32.3 Å². The van der Waals surface area contributed by atoms with Gasteiger partial charge in [-0.1, -0.05) is 23.8 Å². The van der Waals surface area contributed by atoms with Crippen LogP contribution in [0.1, 0.15) is 42.4 Å². The minimum atomic E-state index is 0.259. The predicted molar refractivity (Wildman–Crippen MR) is 85.4 cm³/mol. The number of nitrogens with zero attached hydrogens (tertiary/aromatic N) is 1. The molecule has 0 aromatic heterocycles. The molecule has 2 unspecified atom stereocenters. The summed E-state index contributed by atoms with van der Waals surface area (Å²) in [6.07, 6.45) is 5.32. The SMILES string of the molecule is Cc1ccc(C)c(CC(=O)N(C)C2CC3CCC(C2)N3)c1. The second-order valence-electron chi connectivity index (χ2n) is 6.87. The molecular weight excluding hydrogens is 260 g/mol. The fourth-order valence-electron chi connectivity index (χ4n) is 3.83. The average molecular weight is 286 g/mol. The van der Waals surface area contributed by atoms with Crippen LogP contribution in [0, 0.1) is 13.8 Å². The molecule has 21 heavy (non-hydrogen) atoms. The van der Waals surface area contributed by atoms with Crippen LogP contribution in [0.15, 0.2) is 18.2 Å². The zero-order valence-corrected chi connectivity index (χ0v) is 13.4. The number of aryl methyl sites for hydroxylation is 2. The lowest BCUT2D eigenvalue weighted by molar-refractivity contribution is -0.131. The van der Waals surface area contributed by atoms with E-state index in [0.29, 0.717) is 24.5 Å². The Morgan fingerprint density at radius 2 is 1.90 bits per heavy atom. The van der Waals surface area contributed by atoms with Crippen molar-refractivity contribution in [3.63, 3.8) is 0 Å². The minimum Gasteiger partial charge on any atom is -0.342 e. The van der Waals surface area contributed by atoms with E-state index in [4.69, 9.17) is 0 Å². The maximum absolute atomic E-state index is 12.6. The van der Waals surface area contributed by atoms with Gasteiger partial charge >= 0.3 is 0 Å². The van der Waals surface area contributed by atoms with Crippen molar-refractivity contribution in [1.82, 2.24) is 10.2 Å². The summed E-state index contributed by atoms with van der Waals surface area (Å²) in [6.45, 7) is 4.18. The number of rotatable bonds is 3. The van der Waals surface area contributed by atoms with Crippen molar-refractivity contribution in [2.24, 2.45) is 0 Å². The lowest BCUT2D eigenvalue weighted by Gasteiger charge is -2.35. The first-order valence-corrected chi connectivity index (χ1v) is 8.11. The van der Waals surface area contributed by atoms with Gasteiger partial charge in [-0.15, -0.1) is 0 Å². The van der Waals surface area contributed by atoms with Gasteiger partial charge in [-0.25, -0.2) is 0 Å². The summed E-state index contributed by atoms with van der Waals surface area (Å²) in [5.41, 5.74) is 3.61. The number of fused-ring (bicyclic) bond motifs is 2. The van der Waals surface area contributed by atoms with Gasteiger partial charge in [-0.3, -0.25) is 4.79 Å². The summed E-state index contributed by atoms with van der Waals surface area (Å²) in [6, 6.07) is 8.05. The smallest absolute Gasteiger partial charge is 0.226 e. The molecule has 114 valence electrons. The third-order valence-corrected chi connectivity index (χ3v) is 5.24. The molecule has 0 spiro atoms. The Labute approximate surface area is 127 Å². The normalized spacial score (nSPS) is 27.7. The van der Waals surface area contributed by atoms with E-state index in [2.05, 4.69) is 37.4 Å². The number of nitrogens with one attached hydrogen (secondary N) is 1. The molecule has 0 radical (unpaired) electrons. The predicted octanol–water partition coefficient (Wildman–Crippen LogP) is 2.59. The van der Waals surface area contributed by atoms with E-state index in [1.54, 1.807) is 0 Å². The van der Waals surface area contributed by atoms with Crippen LogP contribution in [0.2, 0.25) is 0 Å². The van der Waals surface area contributed by atoms with Gasteiger partial charge in [0.2, 0.25) is 5.91 Å². The van der Waals surface area contributed by atoms with E-state index in [1.807, 2.05) is 11.9 Å². The first-order chi connectivity index (χ1) is 10.0. The first-order valence-electron chi connectivity index (χ1n) is 8.11. The quantitative estimate of drug-likeness (QED) is 0.926. The highest BCUT2D eigenvalue weighted by Gasteiger charge is 2.36. The molecule has 2 heterocycles. The van der Waals surface area contributed by atoms with Crippen molar-refractivity contribution in [2.75, 3.05) is 7.05 Å². The molecule has 1 aromatic carbocycles. The van der Waals surface area contributed by atoms with Crippen molar-refractivity contribution in [1.29, 1.82) is 0 Å². The summed E-state index contributed by atoms with van der Waals surface area (Å²) >= 11 is 0. The number of likely N-dealkylation sites (N-methyl/N-ethyl adjacent to an activating group) is 1. The minimum absolute atomic E-state index is 0.259.